The van der Waals surface area contributed by atoms with Gasteiger partial charge in [-0.2, -0.15) is 0 Å². The number of carboxylic acids is 1. The molecule has 0 heterocycles. The van der Waals surface area contributed by atoms with Crippen molar-refractivity contribution in [3.63, 3.8) is 0 Å². The molecule has 2 N–H and O–H groups in total. The van der Waals surface area contributed by atoms with Crippen molar-refractivity contribution >= 4 is 22.3 Å². The van der Waals surface area contributed by atoms with Gasteiger partial charge in [0.2, 0.25) is 10.0 Å². The summed E-state index contributed by atoms with van der Waals surface area (Å²) in [6.07, 6.45) is 0.307. The number of aryl methyl sites for hydroxylation is 1. The number of hydrogen-bond donors (Lipinski definition) is 2. The highest BCUT2D eigenvalue weighted by molar-refractivity contribution is 7.89. The second-order valence-corrected chi connectivity index (χ2v) is 7.15. The Morgan fingerprint density at radius 3 is 2.38 bits per heavy atom. The molecule has 2 aromatic carbocycles. The first-order chi connectivity index (χ1) is 12.4. The van der Waals surface area contributed by atoms with Gasteiger partial charge in [0.25, 0.3) is 0 Å². The molecule has 0 saturated heterocycles. The van der Waals surface area contributed by atoms with Crippen LogP contribution in [0.2, 0.25) is 0 Å². The molecule has 1 atom stereocenters. The second kappa shape index (κ2) is 8.59. The molecule has 0 radical (unpaired) electrons. The van der Waals surface area contributed by atoms with Crippen LogP contribution in [0.4, 0.5) is 0 Å². The van der Waals surface area contributed by atoms with Crippen molar-refractivity contribution in [1.29, 1.82) is 0 Å². The number of aliphatic carboxylic acids is 1. The van der Waals surface area contributed by atoms with E-state index in [9.17, 15) is 18.0 Å². The van der Waals surface area contributed by atoms with Crippen LogP contribution < -0.4 is 9.46 Å². The van der Waals surface area contributed by atoms with E-state index in [4.69, 9.17) is 9.84 Å². The molecule has 0 amide bonds. The number of carbonyl (C=O) groups excluding carboxylic acids is 1. The van der Waals surface area contributed by atoms with Gasteiger partial charge in [-0.1, -0.05) is 37.3 Å². The van der Waals surface area contributed by atoms with Gasteiger partial charge >= 0.3 is 5.97 Å². The third-order valence-corrected chi connectivity index (χ3v) is 5.11. The zero-order valence-electron chi connectivity index (χ0n) is 14.1. The molecule has 7 nitrogen and oxygen atoms in total. The number of carboxylic acid groups (broad SMARTS) is 1. The fourth-order valence-corrected chi connectivity index (χ4v) is 3.64. The Morgan fingerprint density at radius 1 is 1.15 bits per heavy atom. The number of carbonyl (C=O) groups is 2. The average molecular weight is 377 g/mol. The SMILES string of the molecule is CCc1ccccc1Oc1ccccc1S(=O)(=O)NC(C=O)CC(=O)O. The number of hydrogen-bond acceptors (Lipinski definition) is 5. The topological polar surface area (TPSA) is 110 Å². The zero-order chi connectivity index (χ0) is 19.2. The van der Waals surface area contributed by atoms with Gasteiger partial charge in [-0.15, -0.1) is 0 Å². The van der Waals surface area contributed by atoms with E-state index in [-0.39, 0.29) is 16.9 Å². The quantitative estimate of drug-likeness (QED) is 0.649. The van der Waals surface area contributed by atoms with E-state index < -0.39 is 28.5 Å². The van der Waals surface area contributed by atoms with Crippen LogP contribution in [-0.4, -0.2) is 31.8 Å². The maximum atomic E-state index is 12.6. The average Bonchev–Trinajstić information content (AvgIpc) is 2.61. The zero-order valence-corrected chi connectivity index (χ0v) is 14.9. The van der Waals surface area contributed by atoms with E-state index in [0.717, 1.165) is 5.56 Å². The van der Waals surface area contributed by atoms with Crippen LogP contribution in [0.25, 0.3) is 0 Å². The Kier molecular flexibility index (Phi) is 6.48. The summed E-state index contributed by atoms with van der Waals surface area (Å²) >= 11 is 0. The van der Waals surface area contributed by atoms with Gasteiger partial charge in [0.05, 0.1) is 12.5 Å². The first kappa shape index (κ1) is 19.6. The van der Waals surface area contributed by atoms with Crippen LogP contribution in [-0.2, 0) is 26.0 Å². The third kappa shape index (κ3) is 4.90. The summed E-state index contributed by atoms with van der Waals surface area (Å²) < 4.78 is 33.1. The Hall–Kier alpha value is -2.71. The van der Waals surface area contributed by atoms with E-state index in [0.29, 0.717) is 12.2 Å². The van der Waals surface area contributed by atoms with Gasteiger partial charge in [-0.3, -0.25) is 4.79 Å². The monoisotopic (exact) mass is 377 g/mol. The minimum atomic E-state index is -4.16. The van der Waals surface area contributed by atoms with Crippen molar-refractivity contribution in [3.8, 4) is 11.5 Å². The molecule has 138 valence electrons. The molecule has 0 aliphatic rings. The number of benzene rings is 2. The fraction of sp³-hybridized carbons (Fsp3) is 0.222. The highest BCUT2D eigenvalue weighted by Crippen LogP contribution is 2.31. The Bertz CT molecular complexity index is 894. The van der Waals surface area contributed by atoms with Crippen molar-refractivity contribution < 1.29 is 27.9 Å². The van der Waals surface area contributed by atoms with Crippen LogP contribution >= 0.6 is 0 Å². The van der Waals surface area contributed by atoms with Gasteiger partial charge in [0, 0.05) is 0 Å². The van der Waals surface area contributed by atoms with Gasteiger partial charge in [-0.25, -0.2) is 13.1 Å². The Balaban J connectivity index is 2.35. The minimum absolute atomic E-state index is 0.0841. The summed E-state index contributed by atoms with van der Waals surface area (Å²) in [6.45, 7) is 1.95. The normalized spacial score (nSPS) is 12.3. The third-order valence-electron chi connectivity index (χ3n) is 3.58. The van der Waals surface area contributed by atoms with Crippen LogP contribution in [0.3, 0.4) is 0 Å². The molecule has 0 bridgehead atoms. The molecule has 8 heteroatoms. The number of nitrogens with one attached hydrogen (secondary N) is 1. The van der Waals surface area contributed by atoms with E-state index in [2.05, 4.69) is 4.72 Å². The van der Waals surface area contributed by atoms with E-state index >= 15 is 0 Å². The highest BCUT2D eigenvalue weighted by Gasteiger charge is 2.25. The molecule has 26 heavy (non-hydrogen) atoms. The summed E-state index contributed by atoms with van der Waals surface area (Å²) in [6, 6.07) is 11.8. The minimum Gasteiger partial charge on any atom is -0.481 e. The summed E-state index contributed by atoms with van der Waals surface area (Å²) in [5.41, 5.74) is 0.907. The van der Waals surface area contributed by atoms with Gasteiger partial charge in [0.1, 0.15) is 22.7 Å². The molecule has 0 saturated carbocycles. The molecular weight excluding hydrogens is 358 g/mol. The van der Waals surface area contributed by atoms with Crippen molar-refractivity contribution in [2.45, 2.75) is 30.7 Å². The van der Waals surface area contributed by atoms with Crippen LogP contribution in [0, 0.1) is 0 Å². The molecular formula is C18H19NO6S. The van der Waals surface area contributed by atoms with Crippen LogP contribution in [0.15, 0.2) is 53.4 Å². The lowest BCUT2D eigenvalue weighted by atomic mass is 10.1. The van der Waals surface area contributed by atoms with Crippen molar-refractivity contribution in [2.24, 2.45) is 0 Å². The van der Waals surface area contributed by atoms with E-state index in [1.807, 2.05) is 19.1 Å². The lowest BCUT2D eigenvalue weighted by Gasteiger charge is -2.16. The molecule has 2 rings (SSSR count). The maximum Gasteiger partial charge on any atom is 0.305 e. The number of aldehydes is 1. The van der Waals surface area contributed by atoms with Crippen molar-refractivity contribution in [3.05, 3.63) is 54.1 Å². The van der Waals surface area contributed by atoms with Gasteiger partial charge in [0.15, 0.2) is 0 Å². The van der Waals surface area contributed by atoms with E-state index in [1.54, 1.807) is 18.2 Å². The Morgan fingerprint density at radius 2 is 1.77 bits per heavy atom. The summed E-state index contributed by atoms with van der Waals surface area (Å²) in [7, 11) is -4.16. The molecule has 0 aliphatic carbocycles. The lowest BCUT2D eigenvalue weighted by molar-refractivity contribution is -0.138. The Labute approximate surface area is 151 Å². The van der Waals surface area contributed by atoms with Gasteiger partial charge in [-0.05, 0) is 30.2 Å². The maximum absolute atomic E-state index is 12.6. The molecule has 0 fully saturated rings. The summed E-state index contributed by atoms with van der Waals surface area (Å²) in [5, 5.41) is 8.77. The first-order valence-electron chi connectivity index (χ1n) is 7.91. The largest absolute Gasteiger partial charge is 0.481 e. The van der Waals surface area contributed by atoms with Crippen LogP contribution in [0.1, 0.15) is 18.9 Å². The predicted octanol–water partition coefficient (Wildman–Crippen LogP) is 2.36. The van der Waals surface area contributed by atoms with Crippen molar-refractivity contribution in [1.82, 2.24) is 4.72 Å². The molecule has 2 aromatic rings. The summed E-state index contributed by atoms with van der Waals surface area (Å²) in [4.78, 5) is 21.6. The predicted molar refractivity (Wildman–Crippen MR) is 94.8 cm³/mol. The molecule has 1 unspecified atom stereocenters. The van der Waals surface area contributed by atoms with E-state index in [1.165, 1.54) is 18.2 Å². The van der Waals surface area contributed by atoms with Crippen molar-refractivity contribution in [2.75, 3.05) is 0 Å². The second-order valence-electron chi connectivity index (χ2n) is 5.47. The number of sulfonamides is 1. The highest BCUT2D eigenvalue weighted by atomic mass is 32.2. The molecule has 0 aromatic heterocycles. The smallest absolute Gasteiger partial charge is 0.305 e. The lowest BCUT2D eigenvalue weighted by Crippen LogP contribution is -2.37. The summed E-state index contributed by atoms with van der Waals surface area (Å²) in [5.74, 6) is -0.679. The number of ether oxygens (including phenoxy) is 1. The van der Waals surface area contributed by atoms with Crippen LogP contribution in [0.5, 0.6) is 11.5 Å². The van der Waals surface area contributed by atoms with Gasteiger partial charge < -0.3 is 14.6 Å². The number of para-hydroxylation sites is 2. The number of rotatable bonds is 9. The molecule has 0 spiro atoms. The standard InChI is InChI=1S/C18H19NO6S/c1-2-13-7-3-4-8-15(13)25-16-9-5-6-10-17(16)26(23,24)19-14(12-20)11-18(21)22/h3-10,12,14,19H,2,11H2,1H3,(H,21,22). The fourth-order valence-electron chi connectivity index (χ4n) is 2.34. The first-order valence-corrected chi connectivity index (χ1v) is 9.40. The molecule has 0 aliphatic heterocycles.